The zero-order chi connectivity index (χ0) is 37.3. The Labute approximate surface area is 307 Å². The summed E-state index contributed by atoms with van der Waals surface area (Å²) in [5, 5.41) is 15.6. The zero-order valence-electron chi connectivity index (χ0n) is 30.6. The lowest BCUT2D eigenvalue weighted by atomic mass is 10.0. The Kier molecular flexibility index (Phi) is 15.5. The number of quaternary nitrogens is 1. The fourth-order valence-corrected chi connectivity index (χ4v) is 6.19. The number of aromatic hydroxyl groups is 1. The van der Waals surface area contributed by atoms with Gasteiger partial charge in [0.05, 0.1) is 26.3 Å². The molecule has 0 unspecified atom stereocenters. The summed E-state index contributed by atoms with van der Waals surface area (Å²) in [6.07, 6.45) is 4.50. The summed E-state index contributed by atoms with van der Waals surface area (Å²) in [7, 11) is 3.46. The van der Waals surface area contributed by atoms with E-state index in [1.807, 2.05) is 59.5 Å². The van der Waals surface area contributed by atoms with Crippen LogP contribution >= 0.6 is 0 Å². The number of likely N-dealkylation sites (tertiary alicyclic amines) is 1. The van der Waals surface area contributed by atoms with Gasteiger partial charge in [-0.15, -0.1) is 0 Å². The second-order valence-electron chi connectivity index (χ2n) is 14.0. The van der Waals surface area contributed by atoms with E-state index in [1.165, 1.54) is 0 Å². The quantitative estimate of drug-likeness (QED) is 0.0972. The molecule has 0 atom stereocenters. The summed E-state index contributed by atoms with van der Waals surface area (Å²) in [5.41, 5.74) is 9.05. The van der Waals surface area contributed by atoms with Gasteiger partial charge in [0.15, 0.2) is 0 Å². The summed E-state index contributed by atoms with van der Waals surface area (Å²) < 4.78 is 5.77. The van der Waals surface area contributed by atoms with Crippen LogP contribution in [0.2, 0.25) is 0 Å². The van der Waals surface area contributed by atoms with E-state index in [-0.39, 0.29) is 28.2 Å². The monoisotopic (exact) mass is 715 g/mol. The average Bonchev–Trinajstić information content (AvgIpc) is 3.13. The number of nitrogens with one attached hydrogen (secondary N) is 2. The van der Waals surface area contributed by atoms with Crippen molar-refractivity contribution in [1.29, 1.82) is 0 Å². The molecule has 0 spiro atoms. The van der Waals surface area contributed by atoms with E-state index in [0.29, 0.717) is 70.5 Å². The number of hydrogen-bond acceptors (Lipinski definition) is 7. The molecule has 0 radical (unpaired) electrons. The van der Waals surface area contributed by atoms with Gasteiger partial charge in [-0.25, -0.2) is 14.1 Å². The van der Waals surface area contributed by atoms with Gasteiger partial charge in [-0.05, 0) is 61.4 Å². The van der Waals surface area contributed by atoms with Gasteiger partial charge in [0.25, 0.3) is 0 Å². The van der Waals surface area contributed by atoms with Crippen molar-refractivity contribution >= 4 is 29.6 Å². The van der Waals surface area contributed by atoms with Crippen molar-refractivity contribution in [3.05, 3.63) is 84.4 Å². The van der Waals surface area contributed by atoms with Crippen LogP contribution in [-0.2, 0) is 20.9 Å². The summed E-state index contributed by atoms with van der Waals surface area (Å²) in [6.45, 7) is 4.22. The van der Waals surface area contributed by atoms with Crippen LogP contribution < -0.4 is 16.4 Å². The van der Waals surface area contributed by atoms with Gasteiger partial charge in [-0.2, -0.15) is 0 Å². The number of phenolic OH excluding ortho intramolecular Hbond substituents is 1. The number of urea groups is 1. The molecule has 4 rings (SSSR count). The lowest BCUT2D eigenvalue weighted by Crippen LogP contribution is -2.49. The van der Waals surface area contributed by atoms with Crippen LogP contribution in [0.3, 0.4) is 0 Å². The lowest BCUT2D eigenvalue weighted by molar-refractivity contribution is -0.808. The maximum Gasteiger partial charge on any atom is 0.413 e. The van der Waals surface area contributed by atoms with Crippen molar-refractivity contribution in [3.8, 4) is 16.9 Å². The van der Waals surface area contributed by atoms with Gasteiger partial charge in [-0.1, -0.05) is 60.7 Å². The number of unbranched alkanes of at least 4 members (excludes halogenated alkanes) is 2. The first-order valence-electron chi connectivity index (χ1n) is 18.3. The van der Waals surface area contributed by atoms with E-state index >= 15 is 0 Å². The van der Waals surface area contributed by atoms with Gasteiger partial charge in [0.1, 0.15) is 11.9 Å². The van der Waals surface area contributed by atoms with E-state index in [2.05, 4.69) is 15.5 Å². The summed E-state index contributed by atoms with van der Waals surface area (Å²) in [4.78, 5) is 54.1. The van der Waals surface area contributed by atoms with Crippen molar-refractivity contribution < 1.29 is 33.5 Å². The number of anilines is 1. The molecule has 3 aromatic rings. The Bertz CT molecular complexity index is 1590. The van der Waals surface area contributed by atoms with Crippen molar-refractivity contribution in [2.45, 2.75) is 64.0 Å². The first-order valence-corrected chi connectivity index (χ1v) is 18.3. The van der Waals surface area contributed by atoms with Gasteiger partial charge in [0, 0.05) is 64.1 Å². The number of ether oxygens (including phenoxy) is 1. The van der Waals surface area contributed by atoms with Crippen LogP contribution in [0.25, 0.3) is 11.1 Å². The van der Waals surface area contributed by atoms with E-state index in [1.54, 1.807) is 38.4 Å². The first-order chi connectivity index (χ1) is 25.0. The number of carbonyl (C=O) groups excluding carboxylic acids is 4. The molecule has 1 fully saturated rings. The van der Waals surface area contributed by atoms with Crippen LogP contribution in [0.5, 0.6) is 5.75 Å². The predicted molar refractivity (Wildman–Crippen MR) is 202 cm³/mol. The maximum absolute atomic E-state index is 13.1. The lowest BCUT2D eigenvalue weighted by Gasteiger charge is -2.31. The molecule has 1 saturated heterocycles. The Morgan fingerprint density at radius 1 is 0.885 bits per heavy atom. The van der Waals surface area contributed by atoms with Crippen molar-refractivity contribution in [1.82, 2.24) is 15.1 Å². The maximum atomic E-state index is 13.1. The molecule has 1 aliphatic rings. The topological polar surface area (TPSA) is 154 Å². The minimum absolute atomic E-state index is 0.00863. The molecular formula is C40H55N6O6+. The number of amides is 5. The molecule has 0 aliphatic carbocycles. The minimum atomic E-state index is -0.460. The highest BCUT2D eigenvalue weighted by Gasteiger charge is 2.25. The van der Waals surface area contributed by atoms with E-state index < -0.39 is 12.1 Å². The number of piperidine rings is 1. The summed E-state index contributed by atoms with van der Waals surface area (Å²) >= 11 is 0. The Morgan fingerprint density at radius 3 is 2.29 bits per heavy atom. The Hall–Kier alpha value is -4.94. The molecule has 12 heteroatoms. The van der Waals surface area contributed by atoms with Crippen LogP contribution in [0, 0.1) is 0 Å². The number of primary amides is 1. The number of phenols is 1. The highest BCUT2D eigenvalue weighted by Crippen LogP contribution is 2.28. The molecule has 5 amide bonds. The zero-order valence-corrected chi connectivity index (χ0v) is 30.6. The van der Waals surface area contributed by atoms with E-state index in [4.69, 9.17) is 10.5 Å². The molecule has 0 bridgehead atoms. The first kappa shape index (κ1) is 39.8. The van der Waals surface area contributed by atoms with Crippen LogP contribution in [-0.4, -0.2) is 103 Å². The highest BCUT2D eigenvalue weighted by molar-refractivity contribution is 5.91. The predicted octanol–water partition coefficient (Wildman–Crippen LogP) is 5.71. The van der Waals surface area contributed by atoms with Crippen LogP contribution in [0.15, 0.2) is 78.9 Å². The number of nitrogens with zero attached hydrogens (tertiary/aromatic N) is 3. The minimum Gasteiger partial charge on any atom is -0.508 e. The molecule has 1 aliphatic heterocycles. The Morgan fingerprint density at radius 2 is 1.58 bits per heavy atom. The number of nitrogens with two attached hydrogens (primary N) is 1. The average molecular weight is 716 g/mol. The molecule has 5 N–H and O–H groups in total. The second-order valence-corrected chi connectivity index (χ2v) is 14.0. The SMILES string of the molecule is C[N+](C)(CCCC(=O)N(CCCCCNC(=O)CCN1CCC(OC(=O)Nc2ccccc2-c2ccccc2)CC1)Cc1ccc(O)cc1)C(N)=O. The van der Waals surface area contributed by atoms with Crippen molar-refractivity contribution in [2.75, 3.05) is 58.7 Å². The highest BCUT2D eigenvalue weighted by atomic mass is 16.6. The smallest absolute Gasteiger partial charge is 0.413 e. The third kappa shape index (κ3) is 13.3. The molecule has 3 aromatic carbocycles. The molecule has 0 aromatic heterocycles. The largest absolute Gasteiger partial charge is 0.508 e. The van der Waals surface area contributed by atoms with E-state index in [0.717, 1.165) is 49.0 Å². The van der Waals surface area contributed by atoms with Gasteiger partial charge < -0.3 is 30.7 Å². The number of rotatable bonds is 18. The molecule has 0 saturated carbocycles. The molecule has 1 heterocycles. The standard InChI is InChI=1S/C40H54N6O6/c1-46(2,39(41)50)29-11-16-38(49)45(30-31-17-19-33(47)20-18-31)25-10-4-9-24-42-37(48)23-28-44-26-21-34(22-27-44)52-40(51)43-36-15-8-7-14-35(36)32-12-5-3-6-13-32/h3,5-8,12-15,17-20,34H,4,9-11,16,21-30H2,1-2H3,(H4-,41,42,43,47,48,50,51)/p+1. The number of benzene rings is 3. The van der Waals surface area contributed by atoms with E-state index in [9.17, 15) is 24.3 Å². The number of para-hydroxylation sites is 1. The molecular weight excluding hydrogens is 660 g/mol. The summed E-state index contributed by atoms with van der Waals surface area (Å²) in [5.74, 6) is 0.193. The Balaban J connectivity index is 1.09. The number of hydrogen-bond donors (Lipinski definition) is 4. The molecule has 280 valence electrons. The molecule has 12 nitrogen and oxygen atoms in total. The summed E-state index contributed by atoms with van der Waals surface area (Å²) in [6, 6.07) is 24.0. The fraction of sp³-hybridized carbons (Fsp3) is 0.450. The third-order valence-electron chi connectivity index (χ3n) is 9.51. The van der Waals surface area contributed by atoms with Gasteiger partial charge in [0.2, 0.25) is 11.8 Å². The number of carbonyl (C=O) groups is 4. The fourth-order valence-electron chi connectivity index (χ4n) is 6.19. The van der Waals surface area contributed by atoms with Gasteiger partial charge in [-0.3, -0.25) is 14.9 Å². The third-order valence-corrected chi connectivity index (χ3v) is 9.51. The molecule has 52 heavy (non-hydrogen) atoms. The van der Waals surface area contributed by atoms with Crippen LogP contribution in [0.4, 0.5) is 15.3 Å². The normalized spacial score (nSPS) is 13.7. The van der Waals surface area contributed by atoms with Crippen molar-refractivity contribution in [3.63, 3.8) is 0 Å². The van der Waals surface area contributed by atoms with Crippen LogP contribution in [0.1, 0.15) is 56.9 Å². The van der Waals surface area contributed by atoms with Gasteiger partial charge >= 0.3 is 12.1 Å². The second kappa shape index (κ2) is 20.2. The van der Waals surface area contributed by atoms with Crippen molar-refractivity contribution in [2.24, 2.45) is 5.73 Å².